The highest BCUT2D eigenvalue weighted by atomic mass is 32.2. The van der Waals surface area contributed by atoms with Crippen LogP contribution in [0.3, 0.4) is 0 Å². The van der Waals surface area contributed by atoms with Gasteiger partial charge in [-0.1, -0.05) is 30.3 Å². The molecule has 8 heteroatoms. The fourth-order valence-corrected chi connectivity index (χ4v) is 4.75. The lowest BCUT2D eigenvalue weighted by Crippen LogP contribution is -2.38. The molecule has 29 heavy (non-hydrogen) atoms. The van der Waals surface area contributed by atoms with E-state index in [0.29, 0.717) is 12.5 Å². The predicted octanol–water partition coefficient (Wildman–Crippen LogP) is 1.76. The van der Waals surface area contributed by atoms with Crippen molar-refractivity contribution < 1.29 is 8.42 Å². The monoisotopic (exact) mass is 415 g/mol. The van der Waals surface area contributed by atoms with Gasteiger partial charge in [0.25, 0.3) is 0 Å². The van der Waals surface area contributed by atoms with Crippen LogP contribution in [0.2, 0.25) is 0 Å². The van der Waals surface area contributed by atoms with Crippen LogP contribution < -0.4 is 9.62 Å². The molecular weight excluding hydrogens is 386 g/mol. The molecule has 1 fully saturated rings. The van der Waals surface area contributed by atoms with Gasteiger partial charge in [-0.05, 0) is 37.2 Å². The summed E-state index contributed by atoms with van der Waals surface area (Å²) in [5.41, 5.74) is 3.80. The first-order valence-electron chi connectivity index (χ1n) is 10.4. The van der Waals surface area contributed by atoms with Crippen molar-refractivity contribution in [2.45, 2.75) is 38.8 Å². The first kappa shape index (κ1) is 20.3. The molecule has 2 aromatic rings. The van der Waals surface area contributed by atoms with Crippen LogP contribution in [0.5, 0.6) is 0 Å². The van der Waals surface area contributed by atoms with Crippen molar-refractivity contribution in [3.8, 4) is 0 Å². The zero-order valence-corrected chi connectivity index (χ0v) is 17.6. The average molecular weight is 416 g/mol. The number of fused-ring (bicyclic) bond motifs is 1. The molecule has 1 saturated heterocycles. The molecule has 0 spiro atoms. The Morgan fingerprint density at radius 2 is 1.86 bits per heavy atom. The quantitative estimate of drug-likeness (QED) is 0.671. The Morgan fingerprint density at radius 3 is 2.62 bits per heavy atom. The van der Waals surface area contributed by atoms with Crippen molar-refractivity contribution in [2.75, 3.05) is 31.1 Å². The van der Waals surface area contributed by atoms with Crippen LogP contribution in [-0.2, 0) is 30.4 Å². The summed E-state index contributed by atoms with van der Waals surface area (Å²) in [5.74, 6) is 1.68. The summed E-state index contributed by atoms with van der Waals surface area (Å²) in [5, 5.41) is 0. The third-order valence-electron chi connectivity index (χ3n) is 6.02. The Morgan fingerprint density at radius 1 is 1.07 bits per heavy atom. The van der Waals surface area contributed by atoms with E-state index in [4.69, 9.17) is 0 Å². The summed E-state index contributed by atoms with van der Waals surface area (Å²) in [6, 6.07) is 10.6. The fraction of sp³-hybridized carbons (Fsp3) is 0.524. The van der Waals surface area contributed by atoms with Crippen molar-refractivity contribution in [1.82, 2.24) is 19.6 Å². The van der Waals surface area contributed by atoms with E-state index in [9.17, 15) is 8.42 Å². The lowest BCUT2D eigenvalue weighted by atomic mass is 9.93. The van der Waals surface area contributed by atoms with Crippen LogP contribution >= 0.6 is 0 Å². The van der Waals surface area contributed by atoms with Gasteiger partial charge in [0.2, 0.25) is 10.9 Å². The highest BCUT2D eigenvalue weighted by Crippen LogP contribution is 2.30. The Balaban J connectivity index is 1.36. The number of hydrogen-bond acceptors (Lipinski definition) is 6. The summed E-state index contributed by atoms with van der Waals surface area (Å²) in [6.45, 7) is 5.35. The molecule has 0 bridgehead atoms. The van der Waals surface area contributed by atoms with Crippen molar-refractivity contribution in [3.05, 3.63) is 53.5 Å². The molecule has 0 radical (unpaired) electrons. The normalized spacial score (nSPS) is 18.2. The van der Waals surface area contributed by atoms with Gasteiger partial charge in [0, 0.05) is 44.8 Å². The highest BCUT2D eigenvalue weighted by molar-refractivity contribution is 7.70. The third kappa shape index (κ3) is 5.32. The van der Waals surface area contributed by atoms with Crippen LogP contribution in [0.4, 0.5) is 5.82 Å². The second-order valence-corrected chi connectivity index (χ2v) is 8.78. The number of anilines is 1. The largest absolute Gasteiger partial charge is 0.356 e. The first-order valence-corrected chi connectivity index (χ1v) is 11.6. The third-order valence-corrected chi connectivity index (χ3v) is 6.50. The second-order valence-electron chi connectivity index (χ2n) is 7.95. The number of nitrogens with one attached hydrogen (secondary N) is 1. The molecule has 0 amide bonds. The molecule has 156 valence electrons. The second kappa shape index (κ2) is 9.65. The van der Waals surface area contributed by atoms with Crippen molar-refractivity contribution in [3.63, 3.8) is 0 Å². The van der Waals surface area contributed by atoms with Gasteiger partial charge in [-0.25, -0.2) is 23.1 Å². The van der Waals surface area contributed by atoms with Crippen molar-refractivity contribution in [2.24, 2.45) is 5.92 Å². The van der Waals surface area contributed by atoms with Gasteiger partial charge < -0.3 is 4.90 Å². The zero-order chi connectivity index (χ0) is 20.1. The molecule has 1 N–H and O–H groups in total. The van der Waals surface area contributed by atoms with E-state index in [1.807, 2.05) is 0 Å². The number of piperidine rings is 1. The molecule has 2 aliphatic rings. The maximum Gasteiger partial charge on any atom is 0.201 e. The smallest absolute Gasteiger partial charge is 0.201 e. The highest BCUT2D eigenvalue weighted by Gasteiger charge is 2.26. The minimum atomic E-state index is -2.48. The summed E-state index contributed by atoms with van der Waals surface area (Å²) < 4.78 is 23.8. The van der Waals surface area contributed by atoms with E-state index in [0.717, 1.165) is 69.9 Å². The molecule has 7 nitrogen and oxygen atoms in total. The molecule has 2 aliphatic heterocycles. The molecular formula is C21H29N5O2S. The topological polar surface area (TPSA) is 78.4 Å². The van der Waals surface area contributed by atoms with E-state index in [1.165, 1.54) is 11.1 Å². The summed E-state index contributed by atoms with van der Waals surface area (Å²) in [7, 11) is -2.48. The van der Waals surface area contributed by atoms with E-state index < -0.39 is 10.9 Å². The van der Waals surface area contributed by atoms with Gasteiger partial charge in [0.05, 0.1) is 5.69 Å². The van der Waals surface area contributed by atoms with Crippen molar-refractivity contribution >= 4 is 16.7 Å². The predicted molar refractivity (Wildman–Crippen MR) is 114 cm³/mol. The average Bonchev–Trinajstić information content (AvgIpc) is 2.74. The molecule has 0 atom stereocenters. The summed E-state index contributed by atoms with van der Waals surface area (Å²) in [4.78, 5) is 14.1. The van der Waals surface area contributed by atoms with Gasteiger partial charge in [-0.3, -0.25) is 4.90 Å². The Kier molecular flexibility index (Phi) is 6.74. The van der Waals surface area contributed by atoms with Gasteiger partial charge in [-0.2, -0.15) is 0 Å². The standard InChI is InChI=1S/C21H29N5O2S/c27-29(28)24-10-6-17-7-12-26(13-8-17)21-19-9-11-25(15-20(19)22-16-23-21)14-18-4-2-1-3-5-18/h1-5,16-17,29H,6-15H2,(H,24,27,28). The molecule has 0 aliphatic carbocycles. The maximum atomic E-state index is 10.6. The van der Waals surface area contributed by atoms with E-state index >= 15 is 0 Å². The lowest BCUT2D eigenvalue weighted by molar-refractivity contribution is 0.241. The lowest BCUT2D eigenvalue weighted by Gasteiger charge is -2.36. The number of hydrogen-bond donors (Lipinski definition) is 2. The van der Waals surface area contributed by atoms with Crippen LogP contribution in [0.1, 0.15) is 36.1 Å². The fourth-order valence-electron chi connectivity index (χ4n) is 4.43. The molecule has 4 rings (SSSR count). The number of rotatable bonds is 7. The molecule has 1 aromatic heterocycles. The van der Waals surface area contributed by atoms with Crippen LogP contribution in [0.15, 0.2) is 36.7 Å². The van der Waals surface area contributed by atoms with Crippen molar-refractivity contribution in [1.29, 1.82) is 0 Å². The van der Waals surface area contributed by atoms with Crippen LogP contribution in [0.25, 0.3) is 0 Å². The van der Waals surface area contributed by atoms with Gasteiger partial charge in [-0.15, -0.1) is 0 Å². The number of thiol groups is 1. The SMILES string of the molecule is O=[SH](=O)NCCC1CCN(c2ncnc3c2CCN(Cc2ccccc2)C3)CC1. The van der Waals surface area contributed by atoms with Crippen LogP contribution in [0, 0.1) is 5.92 Å². The van der Waals surface area contributed by atoms with E-state index in [1.54, 1.807) is 6.33 Å². The summed E-state index contributed by atoms with van der Waals surface area (Å²) in [6.07, 6.45) is 5.76. The Labute approximate surface area is 174 Å². The van der Waals surface area contributed by atoms with Crippen LogP contribution in [-0.4, -0.2) is 49.5 Å². The molecule has 1 aromatic carbocycles. The first-order chi connectivity index (χ1) is 14.2. The van der Waals surface area contributed by atoms with E-state index in [-0.39, 0.29) is 0 Å². The van der Waals surface area contributed by atoms with Gasteiger partial charge in [0.15, 0.2) is 0 Å². The Bertz CT molecular complexity index is 874. The van der Waals surface area contributed by atoms with E-state index in [2.05, 4.69) is 54.8 Å². The minimum Gasteiger partial charge on any atom is -0.356 e. The maximum absolute atomic E-state index is 10.6. The summed E-state index contributed by atoms with van der Waals surface area (Å²) >= 11 is 0. The molecule has 3 heterocycles. The van der Waals surface area contributed by atoms with Gasteiger partial charge in [0.1, 0.15) is 12.1 Å². The number of benzene rings is 1. The Hall–Kier alpha value is -2.03. The molecule has 0 unspecified atom stereocenters. The zero-order valence-electron chi connectivity index (χ0n) is 16.7. The van der Waals surface area contributed by atoms with Gasteiger partial charge >= 0.3 is 0 Å². The number of aromatic nitrogens is 2. The molecule has 0 saturated carbocycles. The minimum absolute atomic E-state index is 0.545. The number of nitrogens with zero attached hydrogens (tertiary/aromatic N) is 4.